The Balaban J connectivity index is 2.56. The van der Waals surface area contributed by atoms with Gasteiger partial charge in [-0.15, -0.1) is 11.3 Å². The lowest BCUT2D eigenvalue weighted by Crippen LogP contribution is -1.96. The fraction of sp³-hybridized carbons (Fsp3) is 0.500. The lowest BCUT2D eigenvalue weighted by molar-refractivity contribution is 0.623. The minimum atomic E-state index is 0.558. The molecule has 2 aromatic rings. The fourth-order valence-electron chi connectivity index (χ4n) is 1.70. The van der Waals surface area contributed by atoms with Gasteiger partial charge in [0.25, 0.3) is 0 Å². The van der Waals surface area contributed by atoms with Gasteiger partial charge in [0.15, 0.2) is 0 Å². The van der Waals surface area contributed by atoms with Crippen LogP contribution in [0.3, 0.4) is 0 Å². The molecule has 1 nitrogen and oxygen atoms in total. The lowest BCUT2D eigenvalue weighted by atomic mass is 10.2. The van der Waals surface area contributed by atoms with Crippen LogP contribution in [0.1, 0.15) is 44.5 Å². The van der Waals surface area contributed by atoms with Crippen LogP contribution in [0.5, 0.6) is 0 Å². The predicted octanol–water partition coefficient (Wildman–Crippen LogP) is 4.41. The summed E-state index contributed by atoms with van der Waals surface area (Å²) in [5.74, 6) is 0.646. The first-order valence-corrected chi connectivity index (χ1v) is 6.01. The van der Waals surface area contributed by atoms with Gasteiger partial charge in [-0.05, 0) is 31.9 Å². The Morgan fingerprint density at radius 2 is 1.93 bits per heavy atom. The SMILES string of the molecule is CC(C)c1cc2c(ccn2C(C)C)s1. The average Bonchev–Trinajstić information content (AvgIpc) is 2.58. The van der Waals surface area contributed by atoms with Crippen LogP contribution in [0, 0.1) is 0 Å². The summed E-state index contributed by atoms with van der Waals surface area (Å²) in [6.45, 7) is 8.97. The van der Waals surface area contributed by atoms with E-state index in [4.69, 9.17) is 0 Å². The molecule has 0 saturated heterocycles. The number of hydrogen-bond donors (Lipinski definition) is 0. The van der Waals surface area contributed by atoms with E-state index in [2.05, 4.69) is 50.6 Å². The lowest BCUT2D eigenvalue weighted by Gasteiger charge is -2.07. The van der Waals surface area contributed by atoms with E-state index in [1.54, 1.807) is 0 Å². The molecule has 0 aliphatic carbocycles. The van der Waals surface area contributed by atoms with Crippen molar-refractivity contribution in [2.45, 2.75) is 39.7 Å². The van der Waals surface area contributed by atoms with E-state index in [0.717, 1.165) is 0 Å². The molecule has 0 unspecified atom stereocenters. The van der Waals surface area contributed by atoms with Crippen molar-refractivity contribution in [1.29, 1.82) is 0 Å². The quantitative estimate of drug-likeness (QED) is 0.687. The van der Waals surface area contributed by atoms with Gasteiger partial charge in [0, 0.05) is 17.1 Å². The molecule has 2 rings (SSSR count). The Bertz CT molecular complexity index is 434. The second-order valence-electron chi connectivity index (χ2n) is 4.37. The monoisotopic (exact) mass is 207 g/mol. The zero-order valence-corrected chi connectivity index (χ0v) is 10.1. The molecule has 2 aromatic heterocycles. The third-order valence-corrected chi connectivity index (χ3v) is 3.94. The van der Waals surface area contributed by atoms with Crippen LogP contribution in [-0.4, -0.2) is 4.57 Å². The van der Waals surface area contributed by atoms with Crippen molar-refractivity contribution < 1.29 is 0 Å². The van der Waals surface area contributed by atoms with Crippen LogP contribution in [0.2, 0.25) is 0 Å². The number of fused-ring (bicyclic) bond motifs is 1. The molecule has 0 radical (unpaired) electrons. The van der Waals surface area contributed by atoms with Crippen LogP contribution in [0.4, 0.5) is 0 Å². The highest BCUT2D eigenvalue weighted by atomic mass is 32.1. The van der Waals surface area contributed by atoms with E-state index < -0.39 is 0 Å². The molecule has 0 spiro atoms. The van der Waals surface area contributed by atoms with Crippen molar-refractivity contribution >= 4 is 21.6 Å². The van der Waals surface area contributed by atoms with Crippen LogP contribution in [-0.2, 0) is 0 Å². The first-order chi connectivity index (χ1) is 6.59. The highest BCUT2D eigenvalue weighted by Gasteiger charge is 2.10. The molecule has 0 N–H and O–H groups in total. The smallest absolute Gasteiger partial charge is 0.0595 e. The van der Waals surface area contributed by atoms with Crippen molar-refractivity contribution in [3.63, 3.8) is 0 Å². The molecule has 2 heteroatoms. The molecular formula is C12H17NS. The van der Waals surface area contributed by atoms with Gasteiger partial charge in [0.1, 0.15) is 0 Å². The van der Waals surface area contributed by atoms with Crippen molar-refractivity contribution in [3.05, 3.63) is 23.2 Å². The Hall–Kier alpha value is -0.760. The summed E-state index contributed by atoms with van der Waals surface area (Å²) >= 11 is 1.92. The minimum Gasteiger partial charge on any atom is -0.344 e. The molecule has 14 heavy (non-hydrogen) atoms. The first-order valence-electron chi connectivity index (χ1n) is 5.20. The molecule has 0 bridgehead atoms. The maximum atomic E-state index is 2.34. The maximum Gasteiger partial charge on any atom is 0.0595 e. The second-order valence-corrected chi connectivity index (χ2v) is 5.49. The summed E-state index contributed by atoms with van der Waals surface area (Å²) in [4.78, 5) is 1.49. The van der Waals surface area contributed by atoms with Crippen LogP contribution < -0.4 is 0 Å². The highest BCUT2D eigenvalue weighted by molar-refractivity contribution is 7.19. The molecule has 2 heterocycles. The largest absolute Gasteiger partial charge is 0.344 e. The third kappa shape index (κ3) is 1.48. The molecular weight excluding hydrogens is 190 g/mol. The number of aromatic nitrogens is 1. The van der Waals surface area contributed by atoms with Crippen LogP contribution in [0.25, 0.3) is 10.2 Å². The van der Waals surface area contributed by atoms with E-state index in [1.165, 1.54) is 15.1 Å². The van der Waals surface area contributed by atoms with Crippen LogP contribution in [0.15, 0.2) is 18.3 Å². The summed E-state index contributed by atoms with van der Waals surface area (Å²) in [7, 11) is 0. The Labute approximate surface area is 89.4 Å². The zero-order valence-electron chi connectivity index (χ0n) is 9.24. The number of rotatable bonds is 2. The van der Waals surface area contributed by atoms with Gasteiger partial charge in [-0.1, -0.05) is 13.8 Å². The standard InChI is InChI=1S/C12H17NS/c1-8(2)12-7-10-11(14-12)5-6-13(10)9(3)4/h5-9H,1-4H3. The van der Waals surface area contributed by atoms with E-state index in [0.29, 0.717) is 12.0 Å². The van der Waals surface area contributed by atoms with Crippen molar-refractivity contribution in [2.75, 3.05) is 0 Å². The number of thiophene rings is 1. The number of nitrogens with zero attached hydrogens (tertiary/aromatic N) is 1. The van der Waals surface area contributed by atoms with E-state index >= 15 is 0 Å². The van der Waals surface area contributed by atoms with Gasteiger partial charge in [0.2, 0.25) is 0 Å². The van der Waals surface area contributed by atoms with Gasteiger partial charge in [-0.25, -0.2) is 0 Å². The summed E-state index contributed by atoms with van der Waals surface area (Å²) in [6, 6.07) is 5.12. The van der Waals surface area contributed by atoms with Gasteiger partial charge in [-0.3, -0.25) is 0 Å². The van der Waals surface area contributed by atoms with Gasteiger partial charge in [-0.2, -0.15) is 0 Å². The first kappa shape index (κ1) is 9.78. The molecule has 0 amide bonds. The van der Waals surface area contributed by atoms with Gasteiger partial charge < -0.3 is 4.57 Å². The third-order valence-electron chi connectivity index (χ3n) is 2.55. The van der Waals surface area contributed by atoms with Crippen molar-refractivity contribution in [3.8, 4) is 0 Å². The van der Waals surface area contributed by atoms with Gasteiger partial charge >= 0.3 is 0 Å². The summed E-state index contributed by atoms with van der Waals surface area (Å²) < 4.78 is 3.76. The molecule has 0 aliphatic heterocycles. The Morgan fingerprint density at radius 1 is 1.21 bits per heavy atom. The van der Waals surface area contributed by atoms with E-state index in [1.807, 2.05) is 11.3 Å². The zero-order chi connectivity index (χ0) is 10.3. The summed E-state index contributed by atoms with van der Waals surface area (Å²) in [5, 5.41) is 0. The minimum absolute atomic E-state index is 0.558. The van der Waals surface area contributed by atoms with Crippen LogP contribution >= 0.6 is 11.3 Å². The van der Waals surface area contributed by atoms with Gasteiger partial charge in [0.05, 0.1) is 10.2 Å². The fourth-order valence-corrected chi connectivity index (χ4v) is 2.76. The number of hydrogen-bond acceptors (Lipinski definition) is 1. The molecule has 0 aliphatic rings. The molecule has 0 fully saturated rings. The molecule has 0 saturated carbocycles. The topological polar surface area (TPSA) is 4.93 Å². The van der Waals surface area contributed by atoms with E-state index in [-0.39, 0.29) is 0 Å². The normalized spacial score (nSPS) is 12.1. The summed E-state index contributed by atoms with van der Waals surface area (Å²) in [6.07, 6.45) is 2.19. The Kier molecular flexibility index (Phi) is 2.40. The van der Waals surface area contributed by atoms with Crippen molar-refractivity contribution in [1.82, 2.24) is 4.57 Å². The average molecular weight is 207 g/mol. The molecule has 0 aromatic carbocycles. The predicted molar refractivity (Wildman–Crippen MR) is 64.3 cm³/mol. The Morgan fingerprint density at radius 3 is 2.50 bits per heavy atom. The van der Waals surface area contributed by atoms with Crippen molar-refractivity contribution in [2.24, 2.45) is 0 Å². The molecule has 76 valence electrons. The molecule has 0 atom stereocenters. The maximum absolute atomic E-state index is 2.34. The second kappa shape index (κ2) is 3.43. The highest BCUT2D eigenvalue weighted by Crippen LogP contribution is 2.32. The summed E-state index contributed by atoms with van der Waals surface area (Å²) in [5.41, 5.74) is 1.40. The van der Waals surface area contributed by atoms with E-state index in [9.17, 15) is 0 Å².